The molecule has 0 aliphatic rings. The van der Waals surface area contributed by atoms with Crippen LogP contribution in [0.15, 0.2) is 187 Å². The van der Waals surface area contributed by atoms with Gasteiger partial charge >= 0.3 is 0 Å². The molecule has 10 rings (SSSR count). The van der Waals surface area contributed by atoms with E-state index in [0.29, 0.717) is 0 Å². The van der Waals surface area contributed by atoms with Crippen molar-refractivity contribution in [3.63, 3.8) is 0 Å². The van der Waals surface area contributed by atoms with Gasteiger partial charge in [-0.15, -0.1) is 0 Å². The van der Waals surface area contributed by atoms with Crippen molar-refractivity contribution < 1.29 is 4.42 Å². The first kappa shape index (κ1) is 28.3. The Morgan fingerprint density at radius 2 is 0.980 bits per heavy atom. The summed E-state index contributed by atoms with van der Waals surface area (Å²) >= 11 is 0. The fourth-order valence-corrected chi connectivity index (χ4v) is 7.47. The average Bonchev–Trinajstić information content (AvgIpc) is 3.59. The Bertz CT molecular complexity index is 2850. The molecule has 50 heavy (non-hydrogen) atoms. The average molecular weight is 639 g/mol. The molecular formula is C47H30N2O. The third kappa shape index (κ3) is 4.56. The lowest BCUT2D eigenvalue weighted by molar-refractivity contribution is 0.672. The molecule has 2 aromatic heterocycles. The number of pyridine rings is 1. The Hall–Kier alpha value is -6.71. The largest absolute Gasteiger partial charge is 0.451 e. The second-order valence-electron chi connectivity index (χ2n) is 12.8. The van der Waals surface area contributed by atoms with Gasteiger partial charge in [0, 0.05) is 33.7 Å². The maximum Gasteiger partial charge on any atom is 0.161 e. The van der Waals surface area contributed by atoms with Gasteiger partial charge in [-0.1, -0.05) is 133 Å². The van der Waals surface area contributed by atoms with Gasteiger partial charge in [-0.3, -0.25) is 4.98 Å². The monoisotopic (exact) mass is 638 g/mol. The van der Waals surface area contributed by atoms with E-state index in [1.165, 1.54) is 43.8 Å². The third-order valence-corrected chi connectivity index (χ3v) is 9.88. The predicted octanol–water partition coefficient (Wildman–Crippen LogP) is 13.2. The van der Waals surface area contributed by atoms with Crippen LogP contribution in [0.2, 0.25) is 0 Å². The second-order valence-corrected chi connectivity index (χ2v) is 12.8. The van der Waals surface area contributed by atoms with E-state index in [0.717, 1.165) is 49.9 Å². The summed E-state index contributed by atoms with van der Waals surface area (Å²) in [7, 11) is 0. The maximum absolute atomic E-state index is 6.79. The first-order chi connectivity index (χ1) is 24.8. The van der Waals surface area contributed by atoms with Crippen molar-refractivity contribution in [2.24, 2.45) is 0 Å². The predicted molar refractivity (Wildman–Crippen MR) is 210 cm³/mol. The molecule has 0 aliphatic heterocycles. The lowest BCUT2D eigenvalue weighted by atomic mass is 9.93. The number of rotatable bonds is 5. The number of aromatic nitrogens is 1. The van der Waals surface area contributed by atoms with Crippen LogP contribution in [0.5, 0.6) is 0 Å². The minimum atomic E-state index is 0.808. The summed E-state index contributed by atoms with van der Waals surface area (Å²) in [4.78, 5) is 7.16. The molecule has 0 atom stereocenters. The van der Waals surface area contributed by atoms with Gasteiger partial charge in [-0.25, -0.2) is 0 Å². The van der Waals surface area contributed by atoms with Crippen LogP contribution in [0.1, 0.15) is 0 Å². The number of para-hydroxylation sites is 1. The van der Waals surface area contributed by atoms with E-state index in [4.69, 9.17) is 9.40 Å². The molecule has 3 heteroatoms. The zero-order valence-electron chi connectivity index (χ0n) is 27.1. The van der Waals surface area contributed by atoms with Gasteiger partial charge in [-0.05, 0) is 86.3 Å². The minimum absolute atomic E-state index is 0.808. The normalized spacial score (nSPS) is 11.6. The molecule has 0 amide bonds. The highest BCUT2D eigenvalue weighted by Crippen LogP contribution is 2.44. The number of hydrogen-bond donors (Lipinski definition) is 0. The Morgan fingerprint density at radius 1 is 0.400 bits per heavy atom. The molecule has 0 bridgehead atoms. The van der Waals surface area contributed by atoms with Gasteiger partial charge in [0.15, 0.2) is 11.2 Å². The topological polar surface area (TPSA) is 29.3 Å². The molecule has 2 heterocycles. The number of benzene rings is 8. The van der Waals surface area contributed by atoms with E-state index in [1.54, 1.807) is 0 Å². The van der Waals surface area contributed by atoms with Crippen LogP contribution in [-0.2, 0) is 0 Å². The summed E-state index contributed by atoms with van der Waals surface area (Å²) in [6.07, 6.45) is 1.94. The molecule has 0 unspecified atom stereocenters. The standard InChI is InChI=1S/C47H30N2O/c1-2-11-31(12-3-1)32-21-25-36(26-22-32)49(44-20-10-19-42-45-47(50-46(42)44)39-16-7-5-14-35(39)30-48-45)37-27-23-33(24-28-37)43-29-34-13-4-6-15-38(34)40-17-8-9-18-41(40)43/h1-30H. The second kappa shape index (κ2) is 11.5. The highest BCUT2D eigenvalue weighted by atomic mass is 16.3. The molecule has 234 valence electrons. The Labute approximate surface area is 289 Å². The lowest BCUT2D eigenvalue weighted by Gasteiger charge is -2.26. The molecule has 0 fully saturated rings. The van der Waals surface area contributed by atoms with Crippen LogP contribution in [-0.4, -0.2) is 4.98 Å². The van der Waals surface area contributed by atoms with Crippen molar-refractivity contribution >= 4 is 71.4 Å². The molecule has 8 aromatic carbocycles. The molecule has 0 saturated heterocycles. The Balaban J connectivity index is 1.16. The third-order valence-electron chi connectivity index (χ3n) is 9.88. The van der Waals surface area contributed by atoms with Crippen molar-refractivity contribution in [1.29, 1.82) is 0 Å². The summed E-state index contributed by atoms with van der Waals surface area (Å²) in [5, 5.41) is 8.14. The van der Waals surface area contributed by atoms with Crippen LogP contribution >= 0.6 is 0 Å². The highest BCUT2D eigenvalue weighted by molar-refractivity contribution is 6.16. The van der Waals surface area contributed by atoms with E-state index in [2.05, 4.69) is 175 Å². The first-order valence-corrected chi connectivity index (χ1v) is 17.0. The number of anilines is 3. The van der Waals surface area contributed by atoms with Gasteiger partial charge in [0.1, 0.15) is 5.52 Å². The molecular weight excluding hydrogens is 609 g/mol. The summed E-state index contributed by atoms with van der Waals surface area (Å²) in [6, 6.07) is 62.5. The fourth-order valence-electron chi connectivity index (χ4n) is 7.47. The fraction of sp³-hybridized carbons (Fsp3) is 0. The number of nitrogens with zero attached hydrogens (tertiary/aromatic N) is 2. The number of furan rings is 1. The van der Waals surface area contributed by atoms with Gasteiger partial charge in [0.2, 0.25) is 0 Å². The van der Waals surface area contributed by atoms with E-state index >= 15 is 0 Å². The summed E-state index contributed by atoms with van der Waals surface area (Å²) < 4.78 is 6.79. The summed E-state index contributed by atoms with van der Waals surface area (Å²) in [5.74, 6) is 0. The molecule has 3 nitrogen and oxygen atoms in total. The Kier molecular flexibility index (Phi) is 6.49. The zero-order valence-corrected chi connectivity index (χ0v) is 27.1. The lowest BCUT2D eigenvalue weighted by Crippen LogP contribution is -2.10. The first-order valence-electron chi connectivity index (χ1n) is 17.0. The maximum atomic E-state index is 6.79. The van der Waals surface area contributed by atoms with Gasteiger partial charge < -0.3 is 9.32 Å². The molecule has 0 saturated carbocycles. The molecule has 0 spiro atoms. The number of hydrogen-bond acceptors (Lipinski definition) is 3. The Morgan fingerprint density at radius 3 is 1.74 bits per heavy atom. The minimum Gasteiger partial charge on any atom is -0.451 e. The van der Waals surface area contributed by atoms with Crippen LogP contribution in [0.4, 0.5) is 17.1 Å². The number of fused-ring (bicyclic) bond motifs is 8. The van der Waals surface area contributed by atoms with Crippen molar-refractivity contribution in [1.82, 2.24) is 4.98 Å². The highest BCUT2D eigenvalue weighted by Gasteiger charge is 2.21. The molecule has 0 N–H and O–H groups in total. The van der Waals surface area contributed by atoms with Crippen LogP contribution in [0, 0.1) is 0 Å². The van der Waals surface area contributed by atoms with Crippen molar-refractivity contribution in [3.05, 3.63) is 182 Å². The van der Waals surface area contributed by atoms with Crippen LogP contribution < -0.4 is 4.90 Å². The summed E-state index contributed by atoms with van der Waals surface area (Å²) in [6.45, 7) is 0. The van der Waals surface area contributed by atoms with Crippen LogP contribution in [0.25, 0.3) is 76.6 Å². The van der Waals surface area contributed by atoms with Gasteiger partial charge in [0.25, 0.3) is 0 Å². The van der Waals surface area contributed by atoms with Crippen molar-refractivity contribution in [3.8, 4) is 22.3 Å². The molecule has 0 aliphatic carbocycles. The van der Waals surface area contributed by atoms with Gasteiger partial charge in [-0.2, -0.15) is 0 Å². The summed E-state index contributed by atoms with van der Waals surface area (Å²) in [5.41, 5.74) is 10.3. The van der Waals surface area contributed by atoms with Crippen molar-refractivity contribution in [2.75, 3.05) is 4.90 Å². The van der Waals surface area contributed by atoms with Gasteiger partial charge in [0.05, 0.1) is 5.69 Å². The molecule has 0 radical (unpaired) electrons. The van der Waals surface area contributed by atoms with E-state index in [1.807, 2.05) is 12.3 Å². The van der Waals surface area contributed by atoms with E-state index in [9.17, 15) is 0 Å². The quantitative estimate of drug-likeness (QED) is 0.176. The zero-order chi connectivity index (χ0) is 33.0. The van der Waals surface area contributed by atoms with E-state index in [-0.39, 0.29) is 0 Å². The smallest absolute Gasteiger partial charge is 0.161 e. The SMILES string of the molecule is c1ccc(-c2ccc(N(c3ccc(-c4cc5ccccc5c5ccccc45)cc3)c3cccc4c3oc3c5ccccc5cnc43)cc2)cc1. The molecule has 10 aromatic rings. The van der Waals surface area contributed by atoms with Crippen LogP contribution in [0.3, 0.4) is 0 Å². The van der Waals surface area contributed by atoms with Crippen molar-refractivity contribution in [2.45, 2.75) is 0 Å². The van der Waals surface area contributed by atoms with E-state index < -0.39 is 0 Å².